The summed E-state index contributed by atoms with van der Waals surface area (Å²) in [5.74, 6) is 9.21. The first-order valence-electron chi connectivity index (χ1n) is 9.71. The number of nitrogens with zero attached hydrogens (tertiary/aromatic N) is 1. The first-order chi connectivity index (χ1) is 10.8. The number of hydrogen-bond acceptors (Lipinski definition) is 1. The molecule has 2 aliphatic carbocycles. The Labute approximate surface area is 137 Å². The van der Waals surface area contributed by atoms with Gasteiger partial charge in [-0.2, -0.15) is 5.26 Å². The maximum Gasteiger partial charge on any atom is 0.152 e. The largest absolute Gasteiger partial charge is 0.183 e. The molecule has 0 unspecified atom stereocenters. The van der Waals surface area contributed by atoms with Gasteiger partial charge in [0.1, 0.15) is 0 Å². The fourth-order valence-electron chi connectivity index (χ4n) is 4.50. The van der Waals surface area contributed by atoms with Gasteiger partial charge < -0.3 is 0 Å². The van der Waals surface area contributed by atoms with Crippen LogP contribution in [-0.4, -0.2) is 0 Å². The number of rotatable bonds is 6. The molecule has 2 aliphatic rings. The molecule has 0 aromatic rings. The van der Waals surface area contributed by atoms with Gasteiger partial charge in [0, 0.05) is 11.8 Å². The van der Waals surface area contributed by atoms with Crippen LogP contribution in [0.3, 0.4) is 0 Å². The molecule has 22 heavy (non-hydrogen) atoms. The van der Waals surface area contributed by atoms with Crippen molar-refractivity contribution in [2.45, 2.75) is 90.4 Å². The highest BCUT2D eigenvalue weighted by atomic mass is 14.3. The second-order valence-electron chi connectivity index (χ2n) is 7.71. The van der Waals surface area contributed by atoms with Crippen LogP contribution in [0.1, 0.15) is 90.4 Å². The molecule has 1 nitrogen and oxygen atoms in total. The van der Waals surface area contributed by atoms with Gasteiger partial charge in [0.2, 0.25) is 0 Å². The zero-order valence-electron chi connectivity index (χ0n) is 14.4. The highest BCUT2D eigenvalue weighted by molar-refractivity contribution is 5.18. The molecule has 0 aromatic carbocycles. The normalized spacial score (nSPS) is 31.8. The maximum atomic E-state index is 8.52. The van der Waals surface area contributed by atoms with E-state index in [0.717, 1.165) is 17.8 Å². The summed E-state index contributed by atoms with van der Waals surface area (Å²) >= 11 is 0. The van der Waals surface area contributed by atoms with Gasteiger partial charge in [-0.15, -0.1) is 0 Å². The minimum absolute atomic E-state index is 0.505. The van der Waals surface area contributed by atoms with E-state index >= 15 is 0 Å². The fraction of sp³-hybridized carbons (Fsp3) is 0.857. The average molecular weight is 300 g/mol. The molecule has 0 atom stereocenters. The third-order valence-corrected chi connectivity index (χ3v) is 6.09. The van der Waals surface area contributed by atoms with E-state index in [1.54, 1.807) is 0 Å². The van der Waals surface area contributed by atoms with Gasteiger partial charge in [-0.1, -0.05) is 70.6 Å². The van der Waals surface area contributed by atoms with Crippen LogP contribution in [0.2, 0.25) is 0 Å². The second kappa shape index (κ2) is 9.94. The molecule has 122 valence electrons. The van der Waals surface area contributed by atoms with E-state index in [1.807, 2.05) is 6.07 Å². The van der Waals surface area contributed by atoms with Gasteiger partial charge in [-0.3, -0.25) is 0 Å². The minimum atomic E-state index is 0.505. The van der Waals surface area contributed by atoms with Crippen molar-refractivity contribution in [2.75, 3.05) is 0 Å². The van der Waals surface area contributed by atoms with Crippen molar-refractivity contribution in [3.8, 4) is 17.9 Å². The van der Waals surface area contributed by atoms with Gasteiger partial charge in [0.25, 0.3) is 0 Å². The Hall–Kier alpha value is -0.950. The molecule has 0 heterocycles. The van der Waals surface area contributed by atoms with Crippen molar-refractivity contribution in [3.05, 3.63) is 0 Å². The molecule has 0 spiro atoms. The van der Waals surface area contributed by atoms with Crippen molar-refractivity contribution >= 4 is 0 Å². The Balaban J connectivity index is 1.57. The molecule has 0 saturated heterocycles. The van der Waals surface area contributed by atoms with Crippen LogP contribution in [-0.2, 0) is 0 Å². The molecular weight excluding hydrogens is 266 g/mol. The Morgan fingerprint density at radius 2 is 1.27 bits per heavy atom. The van der Waals surface area contributed by atoms with Crippen molar-refractivity contribution < 1.29 is 0 Å². The molecule has 1 heteroatoms. The molecule has 0 aliphatic heterocycles. The molecule has 0 amide bonds. The molecule has 0 N–H and O–H groups in total. The predicted octanol–water partition coefficient (Wildman–Crippen LogP) is 6.10. The lowest BCUT2D eigenvalue weighted by atomic mass is 9.75. The highest BCUT2D eigenvalue weighted by Gasteiger charge is 2.24. The van der Waals surface area contributed by atoms with Gasteiger partial charge in [0.05, 0.1) is 0 Å². The molecule has 2 rings (SSSR count). The number of hydrogen-bond donors (Lipinski definition) is 0. The number of unbranched alkanes of at least 4 members (excludes halogenated alkanes) is 1. The lowest BCUT2D eigenvalue weighted by Crippen LogP contribution is -2.17. The summed E-state index contributed by atoms with van der Waals surface area (Å²) in [6.07, 6.45) is 18.3. The zero-order chi connectivity index (χ0) is 15.6. The third-order valence-electron chi connectivity index (χ3n) is 6.09. The smallest absolute Gasteiger partial charge is 0.152 e. The van der Waals surface area contributed by atoms with Crippen LogP contribution in [0.4, 0.5) is 0 Å². The Morgan fingerprint density at radius 1 is 0.773 bits per heavy atom. The molecule has 2 saturated carbocycles. The zero-order valence-corrected chi connectivity index (χ0v) is 14.4. The highest BCUT2D eigenvalue weighted by Crippen LogP contribution is 2.37. The molecule has 2 fully saturated rings. The van der Waals surface area contributed by atoms with Gasteiger partial charge in [-0.05, 0) is 43.4 Å². The molecule has 0 bridgehead atoms. The topological polar surface area (TPSA) is 23.8 Å². The van der Waals surface area contributed by atoms with Gasteiger partial charge in [-0.25, -0.2) is 0 Å². The summed E-state index contributed by atoms with van der Waals surface area (Å²) in [6, 6.07) is 1.95. The Kier molecular flexibility index (Phi) is 7.87. The summed E-state index contributed by atoms with van der Waals surface area (Å²) in [5, 5.41) is 8.52. The van der Waals surface area contributed by atoms with E-state index in [0.29, 0.717) is 5.92 Å². The van der Waals surface area contributed by atoms with E-state index in [1.165, 1.54) is 83.5 Å². The van der Waals surface area contributed by atoms with Crippen LogP contribution in [0, 0.1) is 46.8 Å². The van der Waals surface area contributed by atoms with Crippen LogP contribution in [0.25, 0.3) is 0 Å². The molecule has 0 radical (unpaired) electrons. The Bertz CT molecular complexity index is 392. The van der Waals surface area contributed by atoms with Gasteiger partial charge >= 0.3 is 0 Å². The summed E-state index contributed by atoms with van der Waals surface area (Å²) in [6.45, 7) is 2.31. The summed E-state index contributed by atoms with van der Waals surface area (Å²) in [4.78, 5) is 0. The van der Waals surface area contributed by atoms with E-state index in [4.69, 9.17) is 5.26 Å². The van der Waals surface area contributed by atoms with Crippen LogP contribution in [0.15, 0.2) is 0 Å². The van der Waals surface area contributed by atoms with Crippen molar-refractivity contribution in [2.24, 2.45) is 23.7 Å². The minimum Gasteiger partial charge on any atom is -0.183 e. The summed E-state index contributed by atoms with van der Waals surface area (Å²) in [7, 11) is 0. The van der Waals surface area contributed by atoms with Crippen LogP contribution < -0.4 is 0 Å². The van der Waals surface area contributed by atoms with E-state index in [2.05, 4.69) is 18.8 Å². The Morgan fingerprint density at radius 3 is 1.77 bits per heavy atom. The lowest BCUT2D eigenvalue weighted by Gasteiger charge is -2.31. The lowest BCUT2D eigenvalue weighted by molar-refractivity contribution is 0.221. The average Bonchev–Trinajstić information content (AvgIpc) is 2.58. The van der Waals surface area contributed by atoms with E-state index in [9.17, 15) is 0 Å². The van der Waals surface area contributed by atoms with Crippen LogP contribution >= 0.6 is 0 Å². The molecular formula is C21H33N. The quantitative estimate of drug-likeness (QED) is 0.544. The van der Waals surface area contributed by atoms with Crippen molar-refractivity contribution in [1.82, 2.24) is 0 Å². The SMILES string of the molecule is CCCC[C@H]1CC[C@H](CC[C@H]2CC[C@H](C#CC#N)CC2)CC1. The monoisotopic (exact) mass is 299 g/mol. The predicted molar refractivity (Wildman–Crippen MR) is 93.0 cm³/mol. The fourth-order valence-corrected chi connectivity index (χ4v) is 4.50. The first kappa shape index (κ1) is 17.4. The summed E-state index contributed by atoms with van der Waals surface area (Å²) < 4.78 is 0. The van der Waals surface area contributed by atoms with Crippen LogP contribution in [0.5, 0.6) is 0 Å². The number of nitriles is 1. The molecule has 0 aromatic heterocycles. The standard InChI is InChI=1S/C21H33N/c1-2-3-5-18-7-11-20(12-8-18)15-16-21-13-9-19(10-14-21)6-4-17-22/h18-21H,2-3,5,7-16H2,1H3/t18-,19-,20-,21-. The van der Waals surface area contributed by atoms with Gasteiger partial charge in [0.15, 0.2) is 6.07 Å². The summed E-state index contributed by atoms with van der Waals surface area (Å²) in [5.41, 5.74) is 0. The van der Waals surface area contributed by atoms with E-state index < -0.39 is 0 Å². The third kappa shape index (κ3) is 6.04. The van der Waals surface area contributed by atoms with E-state index in [-0.39, 0.29) is 0 Å². The second-order valence-corrected chi connectivity index (χ2v) is 7.71. The maximum absolute atomic E-state index is 8.52. The first-order valence-corrected chi connectivity index (χ1v) is 9.71. The van der Waals surface area contributed by atoms with Crippen molar-refractivity contribution in [3.63, 3.8) is 0 Å². The van der Waals surface area contributed by atoms with Crippen molar-refractivity contribution in [1.29, 1.82) is 5.26 Å².